The summed E-state index contributed by atoms with van der Waals surface area (Å²) in [6.45, 7) is 6.60. The van der Waals surface area contributed by atoms with E-state index in [1.807, 2.05) is 62.3 Å². The Kier molecular flexibility index (Phi) is 13.7. The predicted molar refractivity (Wildman–Crippen MR) is 142 cm³/mol. The van der Waals surface area contributed by atoms with Crippen molar-refractivity contribution in [3.05, 3.63) is 95.1 Å². The molecule has 0 bridgehead atoms. The largest absolute Gasteiger partial charge is 0.465 e. The molecule has 2 aromatic carbocycles. The van der Waals surface area contributed by atoms with Crippen LogP contribution in [0.15, 0.2) is 84.0 Å². The molecule has 0 aliphatic heterocycles. The quantitative estimate of drug-likeness (QED) is 0.169. The van der Waals surface area contributed by atoms with Crippen LogP contribution in [0.4, 0.5) is 0 Å². The van der Waals surface area contributed by atoms with E-state index in [1.165, 1.54) is 11.1 Å². The van der Waals surface area contributed by atoms with Crippen molar-refractivity contribution in [1.82, 2.24) is 4.90 Å². The number of benzene rings is 2. The maximum Gasteiger partial charge on any atom is 0.323 e. The van der Waals surface area contributed by atoms with E-state index in [0.29, 0.717) is 39.5 Å². The Labute approximate surface area is 211 Å². The van der Waals surface area contributed by atoms with Crippen LogP contribution in [0.5, 0.6) is 0 Å². The van der Waals surface area contributed by atoms with Crippen molar-refractivity contribution in [2.75, 3.05) is 33.9 Å². The van der Waals surface area contributed by atoms with Gasteiger partial charge in [-0.05, 0) is 63.9 Å². The lowest BCUT2D eigenvalue weighted by molar-refractivity contribution is -0.148. The molecule has 190 valence electrons. The average Bonchev–Trinajstić information content (AvgIpc) is 2.86. The first-order valence-corrected chi connectivity index (χ1v) is 12.4. The lowest BCUT2D eigenvalue weighted by Crippen LogP contribution is -2.37. The summed E-state index contributed by atoms with van der Waals surface area (Å²) in [5.41, 5.74) is 4.71. The fourth-order valence-electron chi connectivity index (χ4n) is 3.60. The lowest BCUT2D eigenvalue weighted by Gasteiger charge is -2.23. The highest BCUT2D eigenvalue weighted by Crippen LogP contribution is 2.16. The first kappa shape index (κ1) is 28.5. The van der Waals surface area contributed by atoms with Gasteiger partial charge in [0.15, 0.2) is 0 Å². The molecular formula is C30H41NO4. The third kappa shape index (κ3) is 12.0. The molecule has 0 radical (unpaired) electrons. The Bertz CT molecular complexity index is 906. The van der Waals surface area contributed by atoms with Gasteiger partial charge >= 0.3 is 5.97 Å². The Balaban J connectivity index is 1.91. The van der Waals surface area contributed by atoms with Crippen molar-refractivity contribution in [3.8, 4) is 0 Å². The van der Waals surface area contributed by atoms with Crippen LogP contribution in [-0.4, -0.2) is 50.8 Å². The fraction of sp³-hybridized carbons (Fsp3) is 0.433. The molecule has 2 aromatic rings. The highest BCUT2D eigenvalue weighted by molar-refractivity contribution is 5.76. The normalized spacial score (nSPS) is 13.2. The molecule has 1 atom stereocenters. The number of rotatable bonds is 16. The molecule has 1 unspecified atom stereocenters. The first-order chi connectivity index (χ1) is 17.0. The molecule has 0 amide bonds. The minimum Gasteiger partial charge on any atom is -0.465 e. The Hall–Kier alpha value is -2.73. The Morgan fingerprint density at radius 1 is 0.914 bits per heavy atom. The minimum absolute atomic E-state index is 0.196. The van der Waals surface area contributed by atoms with Crippen LogP contribution >= 0.6 is 0 Å². The van der Waals surface area contributed by atoms with Crippen LogP contribution in [0.25, 0.3) is 0 Å². The minimum atomic E-state index is -0.329. The van der Waals surface area contributed by atoms with E-state index >= 15 is 0 Å². The zero-order chi connectivity index (χ0) is 25.3. The van der Waals surface area contributed by atoms with E-state index in [2.05, 4.69) is 43.3 Å². The maximum atomic E-state index is 12.5. The monoisotopic (exact) mass is 479 g/mol. The van der Waals surface area contributed by atoms with Gasteiger partial charge in [-0.15, -0.1) is 0 Å². The summed E-state index contributed by atoms with van der Waals surface area (Å²) >= 11 is 0. The zero-order valence-corrected chi connectivity index (χ0v) is 21.7. The molecule has 0 saturated carbocycles. The van der Waals surface area contributed by atoms with Gasteiger partial charge in [0, 0.05) is 0 Å². The maximum absolute atomic E-state index is 12.5. The summed E-state index contributed by atoms with van der Waals surface area (Å²) in [4.78, 5) is 14.4. The molecule has 5 nitrogen and oxygen atoms in total. The summed E-state index contributed by atoms with van der Waals surface area (Å²) in [5.74, 6) is -0.196. The molecule has 2 rings (SSSR count). The van der Waals surface area contributed by atoms with Crippen LogP contribution in [0, 0.1) is 0 Å². The zero-order valence-electron chi connectivity index (χ0n) is 21.7. The summed E-state index contributed by atoms with van der Waals surface area (Å²) in [6.07, 6.45) is 6.76. The van der Waals surface area contributed by atoms with E-state index in [0.717, 1.165) is 24.0 Å². The predicted octanol–water partition coefficient (Wildman–Crippen LogP) is 5.96. The lowest BCUT2D eigenvalue weighted by atomic mass is 10.0. The summed E-state index contributed by atoms with van der Waals surface area (Å²) in [6, 6.07) is 20.0. The van der Waals surface area contributed by atoms with E-state index in [4.69, 9.17) is 14.2 Å². The summed E-state index contributed by atoms with van der Waals surface area (Å²) in [7, 11) is 3.82. The summed E-state index contributed by atoms with van der Waals surface area (Å²) < 4.78 is 17.1. The van der Waals surface area contributed by atoms with Gasteiger partial charge in [0.25, 0.3) is 0 Å². The molecule has 0 aliphatic carbocycles. The molecule has 0 fully saturated rings. The number of esters is 1. The van der Waals surface area contributed by atoms with Crippen LogP contribution in [-0.2, 0) is 32.2 Å². The third-order valence-corrected chi connectivity index (χ3v) is 5.67. The van der Waals surface area contributed by atoms with Gasteiger partial charge in [-0.3, -0.25) is 9.69 Å². The van der Waals surface area contributed by atoms with Crippen LogP contribution < -0.4 is 0 Å². The van der Waals surface area contributed by atoms with Crippen molar-refractivity contribution in [3.63, 3.8) is 0 Å². The SMILES string of the molecule is CCOC(=O)C(C/C(=C/CC/C(C)=C/COCc1ccccc1)COCc1ccccc1)N(C)C. The van der Waals surface area contributed by atoms with Crippen molar-refractivity contribution < 1.29 is 19.0 Å². The van der Waals surface area contributed by atoms with Crippen molar-refractivity contribution in [1.29, 1.82) is 0 Å². The van der Waals surface area contributed by atoms with Crippen LogP contribution in [0.3, 0.4) is 0 Å². The van der Waals surface area contributed by atoms with E-state index in [-0.39, 0.29) is 12.0 Å². The second-order valence-corrected chi connectivity index (χ2v) is 8.87. The number of likely N-dealkylation sites (N-methyl/N-ethyl adjacent to an activating group) is 1. The molecule has 0 heterocycles. The molecule has 0 spiro atoms. The molecule has 0 aromatic heterocycles. The number of ether oxygens (including phenoxy) is 3. The highest BCUT2D eigenvalue weighted by Gasteiger charge is 2.23. The molecule has 0 saturated heterocycles. The van der Waals surface area contributed by atoms with Gasteiger partial charge in [-0.25, -0.2) is 0 Å². The molecule has 5 heteroatoms. The van der Waals surface area contributed by atoms with Gasteiger partial charge < -0.3 is 14.2 Å². The van der Waals surface area contributed by atoms with Crippen molar-refractivity contribution in [2.45, 2.75) is 52.4 Å². The van der Waals surface area contributed by atoms with E-state index in [9.17, 15) is 4.79 Å². The van der Waals surface area contributed by atoms with Gasteiger partial charge in [0.1, 0.15) is 6.04 Å². The van der Waals surface area contributed by atoms with Gasteiger partial charge in [0.2, 0.25) is 0 Å². The number of allylic oxidation sites excluding steroid dienone is 2. The number of hydrogen-bond donors (Lipinski definition) is 0. The van der Waals surface area contributed by atoms with Gasteiger partial charge in [-0.1, -0.05) is 78.4 Å². The fourth-order valence-corrected chi connectivity index (χ4v) is 3.60. The van der Waals surface area contributed by atoms with Gasteiger partial charge in [0.05, 0.1) is 33.0 Å². The van der Waals surface area contributed by atoms with E-state index in [1.54, 1.807) is 0 Å². The average molecular weight is 480 g/mol. The second kappa shape index (κ2) is 16.8. The topological polar surface area (TPSA) is 48.0 Å². The molecule has 35 heavy (non-hydrogen) atoms. The van der Waals surface area contributed by atoms with E-state index < -0.39 is 0 Å². The van der Waals surface area contributed by atoms with Crippen molar-refractivity contribution >= 4 is 5.97 Å². The first-order valence-electron chi connectivity index (χ1n) is 12.4. The standard InChI is InChI=1S/C30H41NO4/c1-5-35-30(32)29(31(3)4)21-28(24-34-23-27-16-10-7-11-17-27)18-12-13-25(2)19-20-33-22-26-14-8-6-9-15-26/h6-11,14-19,29H,5,12-13,20-24H2,1-4H3/b25-19+,28-18-. The third-order valence-electron chi connectivity index (χ3n) is 5.67. The number of hydrogen-bond acceptors (Lipinski definition) is 5. The Morgan fingerprint density at radius 3 is 2.09 bits per heavy atom. The molecule has 0 N–H and O–H groups in total. The van der Waals surface area contributed by atoms with Crippen molar-refractivity contribution in [2.24, 2.45) is 0 Å². The second-order valence-electron chi connectivity index (χ2n) is 8.87. The summed E-state index contributed by atoms with van der Waals surface area (Å²) in [5, 5.41) is 0. The number of carbonyl (C=O) groups excluding carboxylic acids is 1. The van der Waals surface area contributed by atoms with Crippen LogP contribution in [0.1, 0.15) is 44.2 Å². The number of nitrogens with zero attached hydrogens (tertiary/aromatic N) is 1. The smallest absolute Gasteiger partial charge is 0.323 e. The van der Waals surface area contributed by atoms with Gasteiger partial charge in [-0.2, -0.15) is 0 Å². The highest BCUT2D eigenvalue weighted by atomic mass is 16.5. The Morgan fingerprint density at radius 2 is 1.51 bits per heavy atom. The number of carbonyl (C=O) groups is 1. The molecule has 0 aliphatic rings. The van der Waals surface area contributed by atoms with Crippen LogP contribution in [0.2, 0.25) is 0 Å². The molecular weight excluding hydrogens is 438 g/mol.